The van der Waals surface area contributed by atoms with Gasteiger partial charge in [0.2, 0.25) is 0 Å². The molecule has 1 fully saturated rings. The highest BCUT2D eigenvalue weighted by atomic mass is 16.5. The molecule has 0 radical (unpaired) electrons. The van der Waals surface area contributed by atoms with Crippen molar-refractivity contribution in [3.8, 4) is 0 Å². The lowest BCUT2D eigenvalue weighted by molar-refractivity contribution is -0.118. The molecule has 4 rings (SSSR count). The first-order valence-electron chi connectivity index (χ1n) is 8.99. The lowest BCUT2D eigenvalue weighted by atomic mass is 9.87. The molecular formula is C22H21NO3. The molecule has 1 aliphatic carbocycles. The van der Waals surface area contributed by atoms with Crippen LogP contribution in [0.15, 0.2) is 71.9 Å². The fourth-order valence-electron chi connectivity index (χ4n) is 3.81. The van der Waals surface area contributed by atoms with Crippen molar-refractivity contribution in [1.82, 2.24) is 4.90 Å². The van der Waals surface area contributed by atoms with Gasteiger partial charge in [0, 0.05) is 36.3 Å². The van der Waals surface area contributed by atoms with Gasteiger partial charge in [0.25, 0.3) is 0 Å². The number of ketones is 2. The van der Waals surface area contributed by atoms with Crippen LogP contribution in [-0.2, 0) is 9.53 Å². The van der Waals surface area contributed by atoms with E-state index in [2.05, 4.69) is 4.90 Å². The summed E-state index contributed by atoms with van der Waals surface area (Å²) in [5.74, 6) is -0.439. The van der Waals surface area contributed by atoms with E-state index < -0.39 is 5.92 Å². The predicted octanol–water partition coefficient (Wildman–Crippen LogP) is 3.21. The molecule has 2 aromatic carbocycles. The van der Waals surface area contributed by atoms with Crippen LogP contribution in [-0.4, -0.2) is 42.8 Å². The van der Waals surface area contributed by atoms with E-state index in [1.54, 1.807) is 0 Å². The third-order valence-electron chi connectivity index (χ3n) is 5.07. The van der Waals surface area contributed by atoms with Crippen molar-refractivity contribution >= 4 is 11.6 Å². The summed E-state index contributed by atoms with van der Waals surface area (Å²) in [6.07, 6.45) is 0.313. The van der Waals surface area contributed by atoms with Crippen molar-refractivity contribution in [2.45, 2.75) is 12.3 Å². The molecule has 4 heteroatoms. The zero-order chi connectivity index (χ0) is 17.9. The molecule has 0 saturated carbocycles. The average Bonchev–Trinajstić information content (AvgIpc) is 3.06. The minimum absolute atomic E-state index is 0.0493. The zero-order valence-electron chi connectivity index (χ0n) is 14.6. The average molecular weight is 347 g/mol. The minimum Gasteiger partial charge on any atom is -0.378 e. The number of hydrogen-bond donors (Lipinski definition) is 0. The second-order valence-electron chi connectivity index (χ2n) is 6.64. The van der Waals surface area contributed by atoms with Crippen LogP contribution in [0.2, 0.25) is 0 Å². The molecule has 0 bridgehead atoms. The number of benzene rings is 2. The first-order chi connectivity index (χ1) is 12.8. The first kappa shape index (κ1) is 16.7. The summed E-state index contributed by atoms with van der Waals surface area (Å²) in [4.78, 5) is 28.4. The summed E-state index contributed by atoms with van der Waals surface area (Å²) in [5.41, 5.74) is 3.03. The third kappa shape index (κ3) is 3.08. The van der Waals surface area contributed by atoms with Crippen molar-refractivity contribution in [3.05, 3.63) is 83.1 Å². The lowest BCUT2D eigenvalue weighted by Gasteiger charge is -2.30. The molecule has 0 amide bonds. The van der Waals surface area contributed by atoms with Crippen LogP contribution in [0.3, 0.4) is 0 Å². The normalized spacial score (nSPS) is 20.5. The molecule has 132 valence electrons. The van der Waals surface area contributed by atoms with Gasteiger partial charge >= 0.3 is 0 Å². The van der Waals surface area contributed by atoms with Crippen LogP contribution < -0.4 is 0 Å². The molecule has 0 spiro atoms. The van der Waals surface area contributed by atoms with Crippen LogP contribution in [0.4, 0.5) is 0 Å². The van der Waals surface area contributed by atoms with Gasteiger partial charge in [-0.05, 0) is 5.56 Å². The van der Waals surface area contributed by atoms with Gasteiger partial charge in [-0.2, -0.15) is 0 Å². The van der Waals surface area contributed by atoms with E-state index in [-0.39, 0.29) is 11.6 Å². The number of carbonyl (C=O) groups excluding carboxylic acids is 2. The highest BCUT2D eigenvalue weighted by Crippen LogP contribution is 2.40. The number of carbonyl (C=O) groups is 2. The predicted molar refractivity (Wildman–Crippen MR) is 99.0 cm³/mol. The first-order valence-corrected chi connectivity index (χ1v) is 8.99. The van der Waals surface area contributed by atoms with E-state index in [4.69, 9.17) is 4.74 Å². The molecule has 1 aliphatic heterocycles. The Morgan fingerprint density at radius 1 is 0.923 bits per heavy atom. The van der Waals surface area contributed by atoms with Crippen LogP contribution >= 0.6 is 0 Å². The molecule has 4 nitrogen and oxygen atoms in total. The highest BCUT2D eigenvalue weighted by molar-refractivity contribution is 6.16. The Labute approximate surface area is 153 Å². The molecule has 2 aromatic rings. The van der Waals surface area contributed by atoms with Gasteiger partial charge < -0.3 is 9.64 Å². The molecule has 0 aromatic heterocycles. The van der Waals surface area contributed by atoms with Gasteiger partial charge in [-0.25, -0.2) is 0 Å². The maximum Gasteiger partial charge on any atom is 0.191 e. The molecule has 0 N–H and O–H groups in total. The van der Waals surface area contributed by atoms with Gasteiger partial charge in [-0.15, -0.1) is 0 Å². The van der Waals surface area contributed by atoms with E-state index >= 15 is 0 Å². The Hall–Kier alpha value is -2.72. The topological polar surface area (TPSA) is 46.6 Å². The monoisotopic (exact) mass is 347 g/mol. The zero-order valence-corrected chi connectivity index (χ0v) is 14.6. The Balaban J connectivity index is 1.81. The number of nitrogens with zero attached hydrogens (tertiary/aromatic N) is 1. The minimum atomic E-state index is -0.484. The van der Waals surface area contributed by atoms with Crippen molar-refractivity contribution in [2.24, 2.45) is 0 Å². The van der Waals surface area contributed by atoms with Gasteiger partial charge in [0.05, 0.1) is 19.1 Å². The van der Waals surface area contributed by atoms with E-state index in [1.165, 1.54) is 0 Å². The van der Waals surface area contributed by atoms with E-state index in [1.807, 2.05) is 60.7 Å². The molecular weight excluding hydrogens is 326 g/mol. The highest BCUT2D eigenvalue weighted by Gasteiger charge is 2.40. The number of Topliss-reactive ketones (excluding diaryl/α,β-unsaturated/α-hetero) is 2. The van der Waals surface area contributed by atoms with E-state index in [0.717, 1.165) is 24.4 Å². The maximum absolute atomic E-state index is 13.4. The Morgan fingerprint density at radius 3 is 2.19 bits per heavy atom. The van der Waals surface area contributed by atoms with Crippen molar-refractivity contribution in [3.63, 3.8) is 0 Å². The van der Waals surface area contributed by atoms with E-state index in [9.17, 15) is 9.59 Å². The van der Waals surface area contributed by atoms with Crippen LogP contribution in [0.5, 0.6) is 0 Å². The van der Waals surface area contributed by atoms with E-state index in [0.29, 0.717) is 30.8 Å². The fourth-order valence-corrected chi connectivity index (χ4v) is 3.81. The number of ether oxygens (including phenoxy) is 1. The number of morpholine rings is 1. The second-order valence-corrected chi connectivity index (χ2v) is 6.64. The second kappa shape index (κ2) is 7.26. The standard InChI is InChI=1S/C22H21NO3/c24-19-15-18(23-11-13-26-14-12-23)21(20(19)16-7-3-1-4-8-16)22(25)17-9-5-2-6-10-17/h1-10,20H,11-15H2. The SMILES string of the molecule is O=C(C1=C(N2CCOCC2)CC(=O)C1c1ccccc1)c1ccccc1. The molecule has 26 heavy (non-hydrogen) atoms. The number of allylic oxidation sites excluding steroid dienone is 2. The van der Waals surface area contributed by atoms with Crippen LogP contribution in [0, 0.1) is 0 Å². The Morgan fingerprint density at radius 2 is 1.54 bits per heavy atom. The number of rotatable bonds is 4. The summed E-state index contributed by atoms with van der Waals surface area (Å²) in [6, 6.07) is 18.9. The van der Waals surface area contributed by atoms with Gasteiger partial charge in [-0.3, -0.25) is 9.59 Å². The quantitative estimate of drug-likeness (QED) is 0.797. The molecule has 1 atom stereocenters. The molecule has 1 heterocycles. The lowest BCUT2D eigenvalue weighted by Crippen LogP contribution is -2.36. The van der Waals surface area contributed by atoms with Gasteiger partial charge in [-0.1, -0.05) is 60.7 Å². The van der Waals surface area contributed by atoms with Gasteiger partial charge in [0.1, 0.15) is 0 Å². The molecule has 2 aliphatic rings. The van der Waals surface area contributed by atoms with Crippen LogP contribution in [0.25, 0.3) is 0 Å². The van der Waals surface area contributed by atoms with Gasteiger partial charge in [0.15, 0.2) is 11.6 Å². The maximum atomic E-state index is 13.4. The summed E-state index contributed by atoms with van der Waals surface area (Å²) >= 11 is 0. The smallest absolute Gasteiger partial charge is 0.191 e. The fraction of sp³-hybridized carbons (Fsp3) is 0.273. The van der Waals surface area contributed by atoms with Crippen molar-refractivity contribution in [2.75, 3.05) is 26.3 Å². The largest absolute Gasteiger partial charge is 0.378 e. The molecule has 1 unspecified atom stereocenters. The third-order valence-corrected chi connectivity index (χ3v) is 5.07. The van der Waals surface area contributed by atoms with Crippen molar-refractivity contribution < 1.29 is 14.3 Å². The van der Waals surface area contributed by atoms with Crippen LogP contribution in [0.1, 0.15) is 28.3 Å². The summed E-state index contributed by atoms with van der Waals surface area (Å²) < 4.78 is 5.44. The summed E-state index contributed by atoms with van der Waals surface area (Å²) in [5, 5.41) is 0. The van der Waals surface area contributed by atoms with Crippen molar-refractivity contribution in [1.29, 1.82) is 0 Å². The summed E-state index contributed by atoms with van der Waals surface area (Å²) in [6.45, 7) is 2.69. The number of hydrogen-bond acceptors (Lipinski definition) is 4. The summed E-state index contributed by atoms with van der Waals surface area (Å²) in [7, 11) is 0. The molecule has 1 saturated heterocycles. The Bertz CT molecular complexity index is 836. The Kier molecular flexibility index (Phi) is 4.67.